The first kappa shape index (κ1) is 13.4. The van der Waals surface area contributed by atoms with Gasteiger partial charge in [0.15, 0.2) is 0 Å². The van der Waals surface area contributed by atoms with Crippen LogP contribution in [0.15, 0.2) is 12.4 Å². The summed E-state index contributed by atoms with van der Waals surface area (Å²) in [4.78, 5) is 6.78. The minimum Gasteiger partial charge on any atom is -0.354 e. The van der Waals surface area contributed by atoms with E-state index >= 15 is 0 Å². The molecule has 4 heteroatoms. The van der Waals surface area contributed by atoms with Gasteiger partial charge in [-0.2, -0.15) is 0 Å². The molecule has 1 aromatic rings. The zero-order valence-electron chi connectivity index (χ0n) is 12.1. The first-order chi connectivity index (χ1) is 8.53. The quantitative estimate of drug-likeness (QED) is 0.842. The molecule has 1 aliphatic rings. The molecule has 0 atom stereocenters. The second kappa shape index (κ2) is 5.31. The predicted octanol–water partition coefficient (Wildman–Crippen LogP) is 2.44. The van der Waals surface area contributed by atoms with Crippen LogP contribution in [0.2, 0.25) is 0 Å². The number of likely N-dealkylation sites (N-methyl/N-ethyl adjacent to an activating group) is 1. The number of nitrogens with one attached hydrogen (secondary N) is 1. The molecule has 0 bridgehead atoms. The van der Waals surface area contributed by atoms with Gasteiger partial charge in [0.05, 0.1) is 0 Å². The second-order valence-corrected chi connectivity index (χ2v) is 6.12. The van der Waals surface area contributed by atoms with Crippen molar-refractivity contribution in [2.75, 3.05) is 26.0 Å². The van der Waals surface area contributed by atoms with E-state index in [4.69, 9.17) is 0 Å². The van der Waals surface area contributed by atoms with E-state index in [2.05, 4.69) is 53.9 Å². The van der Waals surface area contributed by atoms with Crippen molar-refractivity contribution in [1.29, 1.82) is 0 Å². The average Bonchev–Trinajstić information content (AvgIpc) is 2.62. The summed E-state index contributed by atoms with van der Waals surface area (Å²) in [6.45, 7) is 6.49. The maximum absolute atomic E-state index is 4.42. The number of hydrogen-bond donors (Lipinski definition) is 1. The lowest BCUT2D eigenvalue weighted by atomic mass is 9.75. The Morgan fingerprint density at radius 1 is 1.44 bits per heavy atom. The van der Waals surface area contributed by atoms with Gasteiger partial charge in [-0.1, -0.05) is 13.8 Å². The van der Waals surface area contributed by atoms with Gasteiger partial charge in [0.25, 0.3) is 0 Å². The number of rotatable bonds is 6. The highest BCUT2D eigenvalue weighted by molar-refractivity contribution is 5.27. The number of aromatic nitrogens is 2. The maximum Gasteiger partial charge on any atom is 0.202 e. The second-order valence-electron chi connectivity index (χ2n) is 6.12. The molecular formula is C14H26N4. The van der Waals surface area contributed by atoms with Crippen LogP contribution in [0.3, 0.4) is 0 Å². The van der Waals surface area contributed by atoms with Crippen LogP contribution in [-0.2, 0) is 6.54 Å². The first-order valence-electron chi connectivity index (χ1n) is 6.96. The molecule has 0 unspecified atom stereocenters. The molecule has 0 radical (unpaired) electrons. The van der Waals surface area contributed by atoms with Crippen LogP contribution in [-0.4, -0.2) is 40.6 Å². The van der Waals surface area contributed by atoms with Crippen LogP contribution in [0.4, 0.5) is 5.95 Å². The van der Waals surface area contributed by atoms with E-state index in [0.717, 1.165) is 19.0 Å². The van der Waals surface area contributed by atoms with E-state index < -0.39 is 0 Å². The highest BCUT2D eigenvalue weighted by Crippen LogP contribution is 2.36. The van der Waals surface area contributed by atoms with E-state index in [1.54, 1.807) is 0 Å². The molecule has 102 valence electrons. The van der Waals surface area contributed by atoms with Crippen molar-refractivity contribution in [3.8, 4) is 0 Å². The summed E-state index contributed by atoms with van der Waals surface area (Å²) in [6, 6.07) is 0. The van der Waals surface area contributed by atoms with Gasteiger partial charge in [-0.15, -0.1) is 0 Å². The van der Waals surface area contributed by atoms with Crippen LogP contribution in [0.5, 0.6) is 0 Å². The van der Waals surface area contributed by atoms with Crippen LogP contribution < -0.4 is 5.32 Å². The van der Waals surface area contributed by atoms with Gasteiger partial charge in [0.2, 0.25) is 5.95 Å². The first-order valence-corrected chi connectivity index (χ1v) is 6.96. The lowest BCUT2D eigenvalue weighted by Crippen LogP contribution is -2.54. The number of anilines is 1. The third kappa shape index (κ3) is 2.69. The van der Waals surface area contributed by atoms with Crippen molar-refractivity contribution in [1.82, 2.24) is 14.5 Å². The fraction of sp³-hybridized carbons (Fsp3) is 0.786. The third-order valence-corrected chi connectivity index (χ3v) is 4.09. The van der Waals surface area contributed by atoms with Gasteiger partial charge in [0.1, 0.15) is 0 Å². The topological polar surface area (TPSA) is 33.1 Å². The Morgan fingerprint density at radius 3 is 2.67 bits per heavy atom. The molecule has 1 N–H and O–H groups in total. The molecule has 1 saturated carbocycles. The van der Waals surface area contributed by atoms with Gasteiger partial charge in [0, 0.05) is 31.0 Å². The summed E-state index contributed by atoms with van der Waals surface area (Å²) in [7, 11) is 4.36. The van der Waals surface area contributed by atoms with Crippen molar-refractivity contribution < 1.29 is 0 Å². The molecule has 0 amide bonds. The zero-order valence-corrected chi connectivity index (χ0v) is 12.1. The Balaban J connectivity index is 1.95. The molecule has 1 heterocycles. The SMILES string of the molecule is CC(C)Cn1ccnc1NCC1(N(C)C)CCC1. The minimum atomic E-state index is 0.342. The van der Waals surface area contributed by atoms with Crippen molar-refractivity contribution in [2.45, 2.75) is 45.2 Å². The van der Waals surface area contributed by atoms with Gasteiger partial charge < -0.3 is 14.8 Å². The van der Waals surface area contributed by atoms with E-state index in [-0.39, 0.29) is 0 Å². The number of nitrogens with zero attached hydrogens (tertiary/aromatic N) is 3. The lowest BCUT2D eigenvalue weighted by Gasteiger charge is -2.47. The summed E-state index contributed by atoms with van der Waals surface area (Å²) < 4.78 is 2.21. The number of hydrogen-bond acceptors (Lipinski definition) is 3. The van der Waals surface area contributed by atoms with Crippen LogP contribution in [0.25, 0.3) is 0 Å². The highest BCUT2D eigenvalue weighted by Gasteiger charge is 2.38. The van der Waals surface area contributed by atoms with Crippen molar-refractivity contribution in [2.24, 2.45) is 5.92 Å². The Morgan fingerprint density at radius 2 is 2.17 bits per heavy atom. The highest BCUT2D eigenvalue weighted by atomic mass is 15.2. The average molecular weight is 250 g/mol. The molecule has 0 saturated heterocycles. The van der Waals surface area contributed by atoms with Gasteiger partial charge >= 0.3 is 0 Å². The summed E-state index contributed by atoms with van der Waals surface area (Å²) in [5.74, 6) is 1.66. The van der Waals surface area contributed by atoms with Crippen LogP contribution in [0, 0.1) is 5.92 Å². The van der Waals surface area contributed by atoms with Crippen molar-refractivity contribution in [3.05, 3.63) is 12.4 Å². The smallest absolute Gasteiger partial charge is 0.202 e. The molecule has 1 aromatic heterocycles. The molecule has 0 aromatic carbocycles. The van der Waals surface area contributed by atoms with Crippen molar-refractivity contribution in [3.63, 3.8) is 0 Å². The van der Waals surface area contributed by atoms with Crippen LogP contribution >= 0.6 is 0 Å². The zero-order chi connectivity index (χ0) is 13.2. The monoisotopic (exact) mass is 250 g/mol. The standard InChI is InChI=1S/C14H26N4/c1-12(2)10-18-9-8-15-13(18)16-11-14(17(3)4)6-5-7-14/h8-9,12H,5-7,10-11H2,1-4H3,(H,15,16). The molecular weight excluding hydrogens is 224 g/mol. The van der Waals surface area contributed by atoms with E-state index in [0.29, 0.717) is 11.5 Å². The Bertz CT molecular complexity index is 377. The molecule has 0 spiro atoms. The summed E-state index contributed by atoms with van der Waals surface area (Å²) in [5.41, 5.74) is 0.342. The fourth-order valence-corrected chi connectivity index (χ4v) is 2.63. The third-order valence-electron chi connectivity index (χ3n) is 4.09. The molecule has 4 nitrogen and oxygen atoms in total. The van der Waals surface area contributed by atoms with Gasteiger partial charge in [-0.05, 0) is 39.3 Å². The molecule has 1 aliphatic carbocycles. The summed E-state index contributed by atoms with van der Waals surface area (Å²) >= 11 is 0. The lowest BCUT2D eigenvalue weighted by molar-refractivity contribution is 0.0736. The number of imidazole rings is 1. The Labute approximate surface area is 110 Å². The Hall–Kier alpha value is -1.03. The van der Waals surface area contributed by atoms with Gasteiger partial charge in [-0.25, -0.2) is 4.98 Å². The minimum absolute atomic E-state index is 0.342. The van der Waals surface area contributed by atoms with Gasteiger partial charge in [-0.3, -0.25) is 0 Å². The van der Waals surface area contributed by atoms with E-state index in [9.17, 15) is 0 Å². The molecule has 1 fully saturated rings. The van der Waals surface area contributed by atoms with Crippen LogP contribution in [0.1, 0.15) is 33.1 Å². The summed E-state index contributed by atoms with van der Waals surface area (Å²) in [6.07, 6.45) is 7.87. The Kier molecular flexibility index (Phi) is 3.95. The summed E-state index contributed by atoms with van der Waals surface area (Å²) in [5, 5.41) is 3.53. The molecule has 2 rings (SSSR count). The van der Waals surface area contributed by atoms with E-state index in [1.807, 2.05) is 6.20 Å². The van der Waals surface area contributed by atoms with E-state index in [1.165, 1.54) is 19.3 Å². The maximum atomic E-state index is 4.42. The molecule has 0 aliphatic heterocycles. The normalized spacial score (nSPS) is 18.1. The largest absolute Gasteiger partial charge is 0.354 e. The van der Waals surface area contributed by atoms with Crippen molar-refractivity contribution >= 4 is 5.95 Å². The predicted molar refractivity (Wildman–Crippen MR) is 75.8 cm³/mol. The fourth-order valence-electron chi connectivity index (χ4n) is 2.63. The molecule has 18 heavy (non-hydrogen) atoms.